The van der Waals surface area contributed by atoms with E-state index in [1.165, 1.54) is 37.9 Å². The van der Waals surface area contributed by atoms with E-state index in [2.05, 4.69) is 9.55 Å². The highest BCUT2D eigenvalue weighted by Crippen LogP contribution is 2.62. The number of imidazole rings is 1. The van der Waals surface area contributed by atoms with Gasteiger partial charge in [-0.1, -0.05) is 0 Å². The van der Waals surface area contributed by atoms with Gasteiger partial charge in [-0.05, 0) is 43.6 Å². The van der Waals surface area contributed by atoms with Crippen molar-refractivity contribution < 1.29 is 0 Å². The van der Waals surface area contributed by atoms with Crippen molar-refractivity contribution in [2.75, 3.05) is 6.54 Å². The van der Waals surface area contributed by atoms with Gasteiger partial charge in [0.1, 0.15) is 0 Å². The fourth-order valence-electron chi connectivity index (χ4n) is 2.74. The lowest BCUT2D eigenvalue weighted by atomic mass is 10.0. The Bertz CT molecular complexity index is 348. The Morgan fingerprint density at radius 2 is 2.27 bits per heavy atom. The molecule has 3 rings (SSSR count). The van der Waals surface area contributed by atoms with Crippen molar-refractivity contribution in [1.82, 2.24) is 9.55 Å². The Kier molecular flexibility index (Phi) is 2.09. The quantitative estimate of drug-likeness (QED) is 0.793. The van der Waals surface area contributed by atoms with Gasteiger partial charge in [0.25, 0.3) is 0 Å². The van der Waals surface area contributed by atoms with Crippen LogP contribution in [0.3, 0.4) is 0 Å². The molecule has 2 aliphatic rings. The van der Waals surface area contributed by atoms with Crippen LogP contribution in [0.15, 0.2) is 12.5 Å². The summed E-state index contributed by atoms with van der Waals surface area (Å²) in [6.45, 7) is 1.91. The Morgan fingerprint density at radius 1 is 1.47 bits per heavy atom. The first-order chi connectivity index (χ1) is 7.34. The molecular formula is C12H19N3. The average molecular weight is 205 g/mol. The highest BCUT2D eigenvalue weighted by Gasteiger charge is 2.53. The highest BCUT2D eigenvalue weighted by molar-refractivity contribution is 5.07. The second kappa shape index (κ2) is 3.34. The third kappa shape index (κ3) is 1.69. The molecule has 2 fully saturated rings. The minimum Gasteiger partial charge on any atom is -0.334 e. The number of rotatable bonds is 5. The third-order valence-electron chi connectivity index (χ3n) is 4.02. The smallest absolute Gasteiger partial charge is 0.0948 e. The Balaban J connectivity index is 1.73. The van der Waals surface area contributed by atoms with E-state index in [0.29, 0.717) is 5.41 Å². The number of hydrogen-bond donors (Lipinski definition) is 1. The normalized spacial score (nSPS) is 23.0. The maximum Gasteiger partial charge on any atom is 0.0948 e. The summed E-state index contributed by atoms with van der Waals surface area (Å²) in [6.07, 6.45) is 10.7. The van der Waals surface area contributed by atoms with Crippen molar-refractivity contribution >= 4 is 0 Å². The number of nitrogens with zero attached hydrogens (tertiary/aromatic N) is 2. The van der Waals surface area contributed by atoms with Crippen molar-refractivity contribution in [1.29, 1.82) is 0 Å². The molecule has 0 atom stereocenters. The van der Waals surface area contributed by atoms with Gasteiger partial charge in [-0.3, -0.25) is 0 Å². The molecule has 1 aromatic heterocycles. The van der Waals surface area contributed by atoms with Crippen molar-refractivity contribution in [3.63, 3.8) is 0 Å². The first-order valence-electron chi connectivity index (χ1n) is 6.03. The summed E-state index contributed by atoms with van der Waals surface area (Å²) < 4.78 is 2.33. The van der Waals surface area contributed by atoms with Crippen LogP contribution in [0.5, 0.6) is 0 Å². The van der Waals surface area contributed by atoms with Gasteiger partial charge in [0.15, 0.2) is 0 Å². The molecule has 2 aliphatic carbocycles. The topological polar surface area (TPSA) is 43.8 Å². The molecule has 0 spiro atoms. The maximum absolute atomic E-state index is 5.60. The van der Waals surface area contributed by atoms with E-state index in [-0.39, 0.29) is 0 Å². The van der Waals surface area contributed by atoms with E-state index >= 15 is 0 Å². The Labute approximate surface area is 90.7 Å². The fourth-order valence-corrected chi connectivity index (χ4v) is 2.74. The van der Waals surface area contributed by atoms with Crippen LogP contribution >= 0.6 is 0 Å². The predicted octanol–water partition coefficient (Wildman–Crippen LogP) is 1.57. The maximum atomic E-state index is 5.60. The van der Waals surface area contributed by atoms with E-state index in [1.54, 1.807) is 0 Å². The second-order valence-corrected chi connectivity index (χ2v) is 5.19. The van der Waals surface area contributed by atoms with Crippen molar-refractivity contribution in [3.05, 3.63) is 18.2 Å². The van der Waals surface area contributed by atoms with Gasteiger partial charge < -0.3 is 10.3 Å². The highest BCUT2D eigenvalue weighted by atomic mass is 15.1. The summed E-state index contributed by atoms with van der Waals surface area (Å²) in [5.41, 5.74) is 7.57. The van der Waals surface area contributed by atoms with Gasteiger partial charge in [0.2, 0.25) is 0 Å². The molecule has 0 aliphatic heterocycles. The van der Waals surface area contributed by atoms with Crippen LogP contribution in [-0.4, -0.2) is 16.1 Å². The summed E-state index contributed by atoms with van der Waals surface area (Å²) >= 11 is 0. The molecule has 1 heterocycles. The summed E-state index contributed by atoms with van der Waals surface area (Å²) in [5.74, 6) is 1.02. The molecule has 0 aromatic carbocycles. The zero-order chi connectivity index (χ0) is 10.3. The van der Waals surface area contributed by atoms with Crippen LogP contribution in [0, 0.1) is 11.3 Å². The van der Waals surface area contributed by atoms with E-state index in [4.69, 9.17) is 5.73 Å². The van der Waals surface area contributed by atoms with Gasteiger partial charge in [0, 0.05) is 24.9 Å². The van der Waals surface area contributed by atoms with Crippen LogP contribution in [0.25, 0.3) is 0 Å². The standard InChI is InChI=1S/C12H19N3/c13-6-3-11-7-14-9-15(11)8-12(4-5-12)10-1-2-10/h7,9-10H,1-6,8,13H2. The van der Waals surface area contributed by atoms with Gasteiger partial charge in [-0.15, -0.1) is 0 Å². The molecule has 2 N–H and O–H groups in total. The monoisotopic (exact) mass is 205 g/mol. The SMILES string of the molecule is NCCc1cncn1CC1(C2CC2)CC1. The molecule has 0 bridgehead atoms. The van der Waals surface area contributed by atoms with Crippen LogP contribution in [-0.2, 0) is 13.0 Å². The summed E-state index contributed by atoms with van der Waals surface area (Å²) in [7, 11) is 0. The van der Waals surface area contributed by atoms with Gasteiger partial charge in [-0.2, -0.15) is 0 Å². The molecule has 15 heavy (non-hydrogen) atoms. The van der Waals surface area contributed by atoms with E-state index < -0.39 is 0 Å². The first kappa shape index (κ1) is 9.40. The molecule has 0 unspecified atom stereocenters. The van der Waals surface area contributed by atoms with Gasteiger partial charge >= 0.3 is 0 Å². The van der Waals surface area contributed by atoms with Crippen LogP contribution in [0.4, 0.5) is 0 Å². The zero-order valence-electron chi connectivity index (χ0n) is 9.15. The van der Waals surface area contributed by atoms with E-state index in [9.17, 15) is 0 Å². The third-order valence-corrected chi connectivity index (χ3v) is 4.02. The lowest BCUT2D eigenvalue weighted by molar-refractivity contribution is 0.364. The fraction of sp³-hybridized carbons (Fsp3) is 0.750. The van der Waals surface area contributed by atoms with Gasteiger partial charge in [0.05, 0.1) is 6.33 Å². The average Bonchev–Trinajstić information content (AvgIpc) is 3.09. The molecule has 82 valence electrons. The van der Waals surface area contributed by atoms with Crippen LogP contribution < -0.4 is 5.73 Å². The summed E-state index contributed by atoms with van der Waals surface area (Å²) in [5, 5.41) is 0. The van der Waals surface area contributed by atoms with Crippen molar-refractivity contribution in [2.45, 2.75) is 38.6 Å². The molecule has 1 aromatic rings. The van der Waals surface area contributed by atoms with Gasteiger partial charge in [-0.25, -0.2) is 4.98 Å². The molecular weight excluding hydrogens is 186 g/mol. The Hall–Kier alpha value is -0.830. The van der Waals surface area contributed by atoms with E-state index in [0.717, 1.165) is 18.9 Å². The summed E-state index contributed by atoms with van der Waals surface area (Å²) in [4.78, 5) is 4.24. The summed E-state index contributed by atoms with van der Waals surface area (Å²) in [6, 6.07) is 0. The Morgan fingerprint density at radius 3 is 2.87 bits per heavy atom. The minimum atomic E-state index is 0.657. The van der Waals surface area contributed by atoms with Crippen LogP contribution in [0.1, 0.15) is 31.4 Å². The molecule has 2 saturated carbocycles. The molecule has 3 nitrogen and oxygen atoms in total. The van der Waals surface area contributed by atoms with Crippen molar-refractivity contribution in [3.8, 4) is 0 Å². The lowest BCUT2D eigenvalue weighted by Gasteiger charge is -2.16. The zero-order valence-corrected chi connectivity index (χ0v) is 9.15. The number of nitrogens with two attached hydrogens (primary N) is 1. The first-order valence-corrected chi connectivity index (χ1v) is 6.03. The number of hydrogen-bond acceptors (Lipinski definition) is 2. The predicted molar refractivity (Wildman–Crippen MR) is 59.4 cm³/mol. The van der Waals surface area contributed by atoms with E-state index in [1.807, 2.05) is 12.5 Å². The minimum absolute atomic E-state index is 0.657. The lowest BCUT2D eigenvalue weighted by Crippen LogP contribution is -2.16. The van der Waals surface area contributed by atoms with Crippen LogP contribution in [0.2, 0.25) is 0 Å². The second-order valence-electron chi connectivity index (χ2n) is 5.19. The largest absolute Gasteiger partial charge is 0.334 e. The van der Waals surface area contributed by atoms with Crippen molar-refractivity contribution in [2.24, 2.45) is 17.1 Å². The number of aromatic nitrogens is 2. The molecule has 0 amide bonds. The molecule has 3 heteroatoms. The molecule has 0 radical (unpaired) electrons. The molecule has 0 saturated heterocycles.